The Hall–Kier alpha value is -3.19. The number of anilines is 1. The van der Waals surface area contributed by atoms with Gasteiger partial charge in [0.05, 0.1) is 45.9 Å². The fourth-order valence-electron chi connectivity index (χ4n) is 4.01. The molecule has 0 saturated carbocycles. The number of aliphatic hydroxyl groups excluding tert-OH is 3. The van der Waals surface area contributed by atoms with Gasteiger partial charge in [0.25, 0.3) is 5.56 Å². The molecule has 33 heavy (non-hydrogen) atoms. The largest absolute Gasteiger partial charge is 0.493 e. The summed E-state index contributed by atoms with van der Waals surface area (Å²) in [6.07, 6.45) is -1.29. The summed E-state index contributed by atoms with van der Waals surface area (Å²) in [7, 11) is 3.07. The highest BCUT2D eigenvalue weighted by Crippen LogP contribution is 2.30. The van der Waals surface area contributed by atoms with Crippen molar-refractivity contribution in [1.82, 2.24) is 19.1 Å². The van der Waals surface area contributed by atoms with Gasteiger partial charge in [-0.15, -0.1) is 0 Å². The van der Waals surface area contributed by atoms with Gasteiger partial charge in [0.1, 0.15) is 12.3 Å². The van der Waals surface area contributed by atoms with Crippen LogP contribution in [0.1, 0.15) is 18.2 Å². The minimum atomic E-state index is -0.928. The standard InChI is InChI=1S/C21H27N5O7/c1-31-14-4-3-11(6-15(14)32-2)5-12(28)8-25-20(30)18-19(24-21(25)22)26(10-23-18)17-7-13(29)16(9-27)33-17/h3-4,6,10,12-13,16-17,27-29H,5,7-9H2,1-2H3,(H2,22,24)/t12-,13+,16+,17-/m1/s1. The fourth-order valence-corrected chi connectivity index (χ4v) is 4.01. The molecule has 0 aliphatic carbocycles. The molecule has 0 radical (unpaired) electrons. The summed E-state index contributed by atoms with van der Waals surface area (Å²) in [6, 6.07) is 5.30. The smallest absolute Gasteiger partial charge is 0.283 e. The first kappa shape index (κ1) is 23.0. The molecule has 178 valence electrons. The number of nitrogen functional groups attached to an aromatic ring is 1. The number of nitrogens with two attached hydrogens (primary N) is 1. The lowest BCUT2D eigenvalue weighted by atomic mass is 10.1. The maximum Gasteiger partial charge on any atom is 0.283 e. The fraction of sp³-hybridized carbons (Fsp3) is 0.476. The molecule has 2 aromatic heterocycles. The molecule has 4 atom stereocenters. The molecule has 1 aromatic carbocycles. The van der Waals surface area contributed by atoms with E-state index in [2.05, 4.69) is 9.97 Å². The Morgan fingerprint density at radius 3 is 2.73 bits per heavy atom. The van der Waals surface area contributed by atoms with Gasteiger partial charge in [-0.1, -0.05) is 6.07 Å². The van der Waals surface area contributed by atoms with Crippen molar-refractivity contribution in [1.29, 1.82) is 0 Å². The van der Waals surface area contributed by atoms with E-state index in [9.17, 15) is 20.1 Å². The molecule has 5 N–H and O–H groups in total. The second-order valence-electron chi connectivity index (χ2n) is 7.87. The number of benzene rings is 1. The molecule has 1 aliphatic rings. The highest BCUT2D eigenvalue weighted by molar-refractivity contribution is 5.71. The molecule has 4 rings (SSSR count). The Kier molecular flexibility index (Phi) is 6.51. The van der Waals surface area contributed by atoms with Crippen molar-refractivity contribution in [3.63, 3.8) is 0 Å². The van der Waals surface area contributed by atoms with Crippen LogP contribution in [0.15, 0.2) is 29.3 Å². The average molecular weight is 461 g/mol. The summed E-state index contributed by atoms with van der Waals surface area (Å²) in [5.41, 5.74) is 6.62. The van der Waals surface area contributed by atoms with Gasteiger partial charge in [0.15, 0.2) is 22.7 Å². The van der Waals surface area contributed by atoms with Crippen molar-refractivity contribution < 1.29 is 29.5 Å². The summed E-state index contributed by atoms with van der Waals surface area (Å²) in [4.78, 5) is 21.5. The number of nitrogens with zero attached hydrogens (tertiary/aromatic N) is 4. The maximum absolute atomic E-state index is 13.0. The predicted molar refractivity (Wildman–Crippen MR) is 117 cm³/mol. The Bertz CT molecular complexity index is 1190. The number of rotatable bonds is 8. The van der Waals surface area contributed by atoms with Crippen molar-refractivity contribution in [2.45, 2.75) is 43.9 Å². The monoisotopic (exact) mass is 461 g/mol. The lowest BCUT2D eigenvalue weighted by molar-refractivity contribution is -0.0432. The number of hydrogen-bond acceptors (Lipinski definition) is 10. The van der Waals surface area contributed by atoms with Gasteiger partial charge in [0, 0.05) is 12.8 Å². The molecule has 12 heteroatoms. The highest BCUT2D eigenvalue weighted by Gasteiger charge is 2.35. The minimum absolute atomic E-state index is 0.0630. The lowest BCUT2D eigenvalue weighted by Crippen LogP contribution is -2.31. The second kappa shape index (κ2) is 9.35. The molecule has 0 unspecified atom stereocenters. The molecule has 1 saturated heterocycles. The van der Waals surface area contributed by atoms with Crippen LogP contribution in [0.3, 0.4) is 0 Å². The van der Waals surface area contributed by atoms with Crippen LogP contribution in [-0.2, 0) is 17.7 Å². The zero-order valence-corrected chi connectivity index (χ0v) is 18.3. The van der Waals surface area contributed by atoms with Gasteiger partial charge < -0.3 is 35.3 Å². The first-order valence-electron chi connectivity index (χ1n) is 10.4. The topological polar surface area (TPSA) is 167 Å². The molecular formula is C21H27N5O7. The van der Waals surface area contributed by atoms with E-state index in [0.29, 0.717) is 11.5 Å². The van der Waals surface area contributed by atoms with E-state index in [1.807, 2.05) is 0 Å². The zero-order valence-electron chi connectivity index (χ0n) is 18.3. The third kappa shape index (κ3) is 4.37. The second-order valence-corrected chi connectivity index (χ2v) is 7.87. The zero-order chi connectivity index (χ0) is 23.7. The molecule has 3 aromatic rings. The van der Waals surface area contributed by atoms with E-state index in [4.69, 9.17) is 19.9 Å². The summed E-state index contributed by atoms with van der Waals surface area (Å²) in [6.45, 7) is -0.412. The van der Waals surface area contributed by atoms with Gasteiger partial charge in [-0.2, -0.15) is 4.98 Å². The third-order valence-electron chi connectivity index (χ3n) is 5.72. The van der Waals surface area contributed by atoms with Crippen LogP contribution in [0.2, 0.25) is 0 Å². The first-order chi connectivity index (χ1) is 15.9. The molecular weight excluding hydrogens is 434 g/mol. The van der Waals surface area contributed by atoms with Crippen molar-refractivity contribution in [3.8, 4) is 11.5 Å². The van der Waals surface area contributed by atoms with Gasteiger partial charge in [-0.25, -0.2) is 4.98 Å². The summed E-state index contributed by atoms with van der Waals surface area (Å²) >= 11 is 0. The minimum Gasteiger partial charge on any atom is -0.493 e. The van der Waals surface area contributed by atoms with Gasteiger partial charge >= 0.3 is 0 Å². The highest BCUT2D eigenvalue weighted by atomic mass is 16.5. The van der Waals surface area contributed by atoms with Crippen LogP contribution in [0.25, 0.3) is 11.2 Å². The summed E-state index contributed by atoms with van der Waals surface area (Å²) < 4.78 is 18.8. The molecule has 1 fully saturated rings. The van der Waals surface area contributed by atoms with Crippen LogP contribution in [0, 0.1) is 0 Å². The van der Waals surface area contributed by atoms with E-state index in [1.54, 1.807) is 18.2 Å². The van der Waals surface area contributed by atoms with Crippen molar-refractivity contribution >= 4 is 17.1 Å². The van der Waals surface area contributed by atoms with E-state index in [1.165, 1.54) is 29.7 Å². The molecule has 0 bridgehead atoms. The summed E-state index contributed by atoms with van der Waals surface area (Å²) in [5, 5.41) is 29.9. The van der Waals surface area contributed by atoms with Crippen LogP contribution in [-0.4, -0.2) is 73.6 Å². The Morgan fingerprint density at radius 1 is 1.30 bits per heavy atom. The molecule has 0 amide bonds. The SMILES string of the molecule is COc1ccc(C[C@@H](O)Cn2c(N)nc3c(ncn3[C@H]3C[C@H](O)[C@H](CO)O3)c2=O)cc1OC. The number of ether oxygens (including phenoxy) is 3. The van der Waals surface area contributed by atoms with Crippen molar-refractivity contribution in [3.05, 3.63) is 40.4 Å². The molecule has 12 nitrogen and oxygen atoms in total. The van der Waals surface area contributed by atoms with Gasteiger partial charge in [0.2, 0.25) is 5.95 Å². The predicted octanol–water partition coefficient (Wildman–Crippen LogP) is -0.563. The van der Waals surface area contributed by atoms with Crippen LogP contribution in [0.5, 0.6) is 11.5 Å². The summed E-state index contributed by atoms with van der Waals surface area (Å²) in [5.74, 6) is 1.03. The van der Waals surface area contributed by atoms with Crippen molar-refractivity contribution in [2.75, 3.05) is 26.6 Å². The molecule has 3 heterocycles. The quantitative estimate of drug-likeness (QED) is 0.341. The van der Waals surface area contributed by atoms with E-state index in [0.717, 1.165) is 5.56 Å². The number of hydrogen-bond donors (Lipinski definition) is 4. The van der Waals surface area contributed by atoms with Gasteiger partial charge in [-0.05, 0) is 17.7 Å². The maximum atomic E-state index is 13.0. The number of imidazole rings is 1. The number of aliphatic hydroxyl groups is 3. The molecule has 0 spiro atoms. The number of fused-ring (bicyclic) bond motifs is 1. The van der Waals surface area contributed by atoms with Crippen molar-refractivity contribution in [2.24, 2.45) is 0 Å². The number of aromatic nitrogens is 4. The van der Waals surface area contributed by atoms with E-state index < -0.39 is 30.1 Å². The Labute approximate surface area is 188 Å². The molecule has 1 aliphatic heterocycles. The first-order valence-corrected chi connectivity index (χ1v) is 10.4. The van der Waals surface area contributed by atoms with Crippen LogP contribution in [0.4, 0.5) is 5.95 Å². The van der Waals surface area contributed by atoms with E-state index >= 15 is 0 Å². The Balaban J connectivity index is 1.56. The third-order valence-corrected chi connectivity index (χ3v) is 5.72. The Morgan fingerprint density at radius 2 is 2.06 bits per heavy atom. The lowest BCUT2D eigenvalue weighted by Gasteiger charge is -2.16. The van der Waals surface area contributed by atoms with Crippen LogP contribution >= 0.6 is 0 Å². The number of methoxy groups -OCH3 is 2. The van der Waals surface area contributed by atoms with E-state index in [-0.39, 0.29) is 43.1 Å². The average Bonchev–Trinajstić information content (AvgIpc) is 3.39. The van der Waals surface area contributed by atoms with Crippen LogP contribution < -0.4 is 20.8 Å². The van der Waals surface area contributed by atoms with Gasteiger partial charge in [-0.3, -0.25) is 13.9 Å². The normalized spacial score (nSPS) is 21.4.